The number of halogens is 1. The summed E-state index contributed by atoms with van der Waals surface area (Å²) in [7, 11) is 0. The van der Waals surface area contributed by atoms with E-state index in [9.17, 15) is 0 Å². The van der Waals surface area contributed by atoms with Crippen molar-refractivity contribution >= 4 is 0 Å². The van der Waals surface area contributed by atoms with E-state index in [1.807, 2.05) is 0 Å². The summed E-state index contributed by atoms with van der Waals surface area (Å²) in [5, 5.41) is 0. The molecule has 0 aliphatic heterocycles. The zero-order valence-corrected chi connectivity index (χ0v) is 4.30. The maximum absolute atomic E-state index is 8.68. The van der Waals surface area contributed by atoms with E-state index in [2.05, 4.69) is 0 Å². The molecule has 0 spiro atoms. The van der Waals surface area contributed by atoms with Gasteiger partial charge in [0.1, 0.15) is 0 Å². The summed E-state index contributed by atoms with van der Waals surface area (Å²) >= 11 is -3.76. The molecule has 3 N–H and O–H groups in total. The maximum Gasteiger partial charge on any atom is 0.503 e. The van der Waals surface area contributed by atoms with E-state index in [1.54, 1.807) is 0 Å². The summed E-state index contributed by atoms with van der Waals surface area (Å²) in [4.78, 5) is 0. The molecule has 0 atom stereocenters. The van der Waals surface area contributed by atoms with Gasteiger partial charge in [-0.3, -0.25) is 0 Å². The molecule has 0 bridgehead atoms. The van der Waals surface area contributed by atoms with Crippen molar-refractivity contribution in [2.75, 3.05) is 0 Å². The summed E-state index contributed by atoms with van der Waals surface area (Å²) in [5.41, 5.74) is 0. The molecule has 5 heavy (non-hydrogen) atoms. The lowest BCUT2D eigenvalue weighted by atomic mass is 16.0. The van der Waals surface area contributed by atoms with Gasteiger partial charge in [-0.25, -0.2) is 0 Å². The first-order valence-electron chi connectivity index (χ1n) is 0.478. The number of hydrogen-bond acceptors (Lipinski definition) is 3. The molecule has 0 aliphatic carbocycles. The SMILES string of the molecule is O.[O-][I+2]([O-])O. The molecule has 0 heterocycles. The van der Waals surface area contributed by atoms with Gasteiger partial charge in [0.25, 0.3) is 0 Å². The molecule has 0 aromatic heterocycles. The predicted octanol–water partition coefficient (Wildman–Crippen LogP) is -6.76. The Labute approximate surface area is 37.4 Å². The molecular weight excluding hydrogens is 191 g/mol. The fourth-order valence-corrected chi connectivity index (χ4v) is 0. The zero-order chi connectivity index (χ0) is 3.58. The Balaban J connectivity index is 0. The lowest BCUT2D eigenvalue weighted by Crippen LogP contribution is -3.98. The van der Waals surface area contributed by atoms with Crippen molar-refractivity contribution in [2.45, 2.75) is 0 Å². The zero-order valence-electron chi connectivity index (χ0n) is 2.14. The molecule has 0 aromatic rings. The first-order chi connectivity index (χ1) is 1.73. The Morgan fingerprint density at radius 2 is 1.40 bits per heavy atom. The van der Waals surface area contributed by atoms with Crippen LogP contribution in [0.1, 0.15) is 0 Å². The third kappa shape index (κ3) is 92.9. The van der Waals surface area contributed by atoms with Crippen LogP contribution in [0.5, 0.6) is 0 Å². The molecule has 0 radical (unpaired) electrons. The average molecular weight is 194 g/mol. The molecule has 34 valence electrons. The van der Waals surface area contributed by atoms with Gasteiger partial charge in [-0.05, 0) is 3.44 Å². The van der Waals surface area contributed by atoms with Gasteiger partial charge < -0.3 is 12.3 Å². The third-order valence-electron chi connectivity index (χ3n) is 0. The molecule has 0 unspecified atom stereocenters. The van der Waals surface area contributed by atoms with E-state index in [0.29, 0.717) is 0 Å². The highest BCUT2D eigenvalue weighted by Gasteiger charge is 1.89. The minimum absolute atomic E-state index is 0. The van der Waals surface area contributed by atoms with Crippen LogP contribution in [-0.2, 0) is 0 Å². The molecule has 0 fully saturated rings. The summed E-state index contributed by atoms with van der Waals surface area (Å²) in [6.07, 6.45) is 0. The first kappa shape index (κ1) is 9.13. The molecule has 0 amide bonds. The normalized spacial score (nSPS) is 7.20. The highest BCUT2D eigenvalue weighted by molar-refractivity contribution is 1.94. The smallest absolute Gasteiger partial charge is 0.412 e. The summed E-state index contributed by atoms with van der Waals surface area (Å²) in [6.45, 7) is 0. The van der Waals surface area contributed by atoms with Crippen molar-refractivity contribution in [1.82, 2.24) is 0 Å². The summed E-state index contributed by atoms with van der Waals surface area (Å²) in [5.74, 6) is 0. The van der Waals surface area contributed by atoms with E-state index in [0.717, 1.165) is 0 Å². The quantitative estimate of drug-likeness (QED) is 0.388. The standard InChI is InChI=1S/HIO3.H2O/c2-1(3)4;/h2H;1H2. The summed E-state index contributed by atoms with van der Waals surface area (Å²) in [6, 6.07) is 0. The van der Waals surface area contributed by atoms with Gasteiger partial charge in [0.15, 0.2) is 0 Å². The van der Waals surface area contributed by atoms with Crippen LogP contribution in [-0.4, -0.2) is 8.91 Å². The molecule has 4 nitrogen and oxygen atoms in total. The fraction of sp³-hybridized carbons (Fsp3) is 0. The second kappa shape index (κ2) is 4.57. The van der Waals surface area contributed by atoms with Crippen LogP contribution in [0.3, 0.4) is 0 Å². The lowest BCUT2D eigenvalue weighted by Gasteiger charge is -1.67. The van der Waals surface area contributed by atoms with Gasteiger partial charge in [0, 0.05) is 0 Å². The third-order valence-corrected chi connectivity index (χ3v) is 0. The van der Waals surface area contributed by atoms with Crippen molar-refractivity contribution in [1.29, 1.82) is 0 Å². The monoisotopic (exact) mass is 194 g/mol. The van der Waals surface area contributed by atoms with Gasteiger partial charge in [0.2, 0.25) is 0 Å². The minimum Gasteiger partial charge on any atom is -0.412 e. The molecule has 0 saturated heterocycles. The fourth-order valence-electron chi connectivity index (χ4n) is 0. The minimum atomic E-state index is -3.76. The molecule has 5 heteroatoms. The molecular formula is H3IO4. The van der Waals surface area contributed by atoms with Crippen molar-refractivity contribution in [2.24, 2.45) is 0 Å². The van der Waals surface area contributed by atoms with Crippen LogP contribution in [0, 0.1) is 0 Å². The van der Waals surface area contributed by atoms with Gasteiger partial charge in [-0.2, -0.15) is 0 Å². The number of rotatable bonds is 0. The Hall–Kier alpha value is 0.570. The second-order valence-electron chi connectivity index (χ2n) is 0.201. The van der Waals surface area contributed by atoms with Gasteiger partial charge in [-0.15, -0.1) is 0 Å². The van der Waals surface area contributed by atoms with Crippen LogP contribution >= 0.6 is 0 Å². The molecule has 0 saturated carbocycles. The van der Waals surface area contributed by atoms with Crippen LogP contribution in [0.4, 0.5) is 0 Å². The van der Waals surface area contributed by atoms with Crippen LogP contribution in [0.25, 0.3) is 0 Å². The van der Waals surface area contributed by atoms with Gasteiger partial charge in [-0.1, -0.05) is 0 Å². The van der Waals surface area contributed by atoms with Crippen molar-refractivity contribution in [3.63, 3.8) is 0 Å². The Morgan fingerprint density at radius 3 is 1.40 bits per heavy atom. The van der Waals surface area contributed by atoms with Crippen molar-refractivity contribution < 1.29 is 36.8 Å². The molecule has 0 aliphatic rings. The first-order valence-corrected chi connectivity index (χ1v) is 3.20. The topological polar surface area (TPSA) is 97.9 Å². The van der Waals surface area contributed by atoms with E-state index in [-0.39, 0.29) is 5.48 Å². The van der Waals surface area contributed by atoms with Crippen LogP contribution in [0.15, 0.2) is 0 Å². The highest BCUT2D eigenvalue weighted by Crippen LogP contribution is 0.251. The van der Waals surface area contributed by atoms with Crippen molar-refractivity contribution in [3.05, 3.63) is 0 Å². The number of hydrogen-bond donors (Lipinski definition) is 1. The Bertz CT molecular complexity index is 8.36. The second-order valence-corrected chi connectivity index (χ2v) is 1.35. The van der Waals surface area contributed by atoms with Crippen LogP contribution in [0.2, 0.25) is 0 Å². The van der Waals surface area contributed by atoms with Gasteiger partial charge >= 0.3 is 21.1 Å². The summed E-state index contributed by atoms with van der Waals surface area (Å²) < 4.78 is 24.5. The van der Waals surface area contributed by atoms with E-state index in [1.165, 1.54) is 0 Å². The van der Waals surface area contributed by atoms with Crippen molar-refractivity contribution in [3.8, 4) is 0 Å². The molecule has 0 aromatic carbocycles. The van der Waals surface area contributed by atoms with Crippen LogP contribution < -0.4 is 27.9 Å². The van der Waals surface area contributed by atoms with Gasteiger partial charge in [0.05, 0.1) is 0 Å². The Kier molecular flexibility index (Phi) is 8.34. The lowest BCUT2D eigenvalue weighted by molar-refractivity contribution is -1.63. The highest BCUT2D eigenvalue weighted by atomic mass is 127. The molecule has 0 rings (SSSR count). The van der Waals surface area contributed by atoms with E-state index < -0.39 is 21.1 Å². The van der Waals surface area contributed by atoms with E-state index in [4.69, 9.17) is 10.3 Å². The predicted molar refractivity (Wildman–Crippen MR) is 5.83 cm³/mol. The van der Waals surface area contributed by atoms with E-state index >= 15 is 0 Å². The maximum atomic E-state index is 8.68. The largest absolute Gasteiger partial charge is 0.503 e. The average Bonchev–Trinajstić information content (AvgIpc) is 0.811. The Morgan fingerprint density at radius 1 is 1.40 bits per heavy atom.